The standard InChI is InChI=1S/C18H19F3O4S/c1-4-7-14(12(3)5-2)24-15-11-10-13-8-6-9-16(17(13)15)25-26(22,23)18(19,20)21/h4-9,15H,2,10-11H2,1,3H3/b7-4-,14-12+. The van der Waals surface area contributed by atoms with Crippen molar-refractivity contribution in [1.82, 2.24) is 0 Å². The maximum Gasteiger partial charge on any atom is 0.534 e. The lowest BCUT2D eigenvalue weighted by Gasteiger charge is -2.20. The van der Waals surface area contributed by atoms with E-state index in [4.69, 9.17) is 4.74 Å². The van der Waals surface area contributed by atoms with Crippen LogP contribution in [0.15, 0.2) is 54.3 Å². The van der Waals surface area contributed by atoms with Crippen molar-refractivity contribution >= 4 is 10.1 Å². The third kappa shape index (κ3) is 4.12. The largest absolute Gasteiger partial charge is 0.534 e. The van der Waals surface area contributed by atoms with Crippen LogP contribution < -0.4 is 4.18 Å². The predicted molar refractivity (Wildman–Crippen MR) is 91.9 cm³/mol. The molecular formula is C18H19F3O4S. The van der Waals surface area contributed by atoms with E-state index in [0.717, 1.165) is 5.57 Å². The van der Waals surface area contributed by atoms with Crippen LogP contribution in [-0.2, 0) is 21.3 Å². The van der Waals surface area contributed by atoms with Gasteiger partial charge in [0.25, 0.3) is 0 Å². The highest BCUT2D eigenvalue weighted by Crippen LogP contribution is 2.43. The summed E-state index contributed by atoms with van der Waals surface area (Å²) in [6.07, 6.45) is 5.49. The average molecular weight is 388 g/mol. The molecule has 0 radical (unpaired) electrons. The topological polar surface area (TPSA) is 52.6 Å². The minimum Gasteiger partial charge on any atom is -0.485 e. The van der Waals surface area contributed by atoms with Crippen LogP contribution in [0.5, 0.6) is 5.75 Å². The molecule has 4 nitrogen and oxygen atoms in total. The van der Waals surface area contributed by atoms with Crippen molar-refractivity contribution in [1.29, 1.82) is 0 Å². The number of benzene rings is 1. The van der Waals surface area contributed by atoms with Gasteiger partial charge in [0.1, 0.15) is 17.6 Å². The number of halogens is 3. The van der Waals surface area contributed by atoms with E-state index in [-0.39, 0.29) is 5.75 Å². The summed E-state index contributed by atoms with van der Waals surface area (Å²) < 4.78 is 71.1. The van der Waals surface area contributed by atoms with Gasteiger partial charge in [0.05, 0.1) is 0 Å². The molecule has 1 aromatic carbocycles. The summed E-state index contributed by atoms with van der Waals surface area (Å²) >= 11 is 0. The van der Waals surface area contributed by atoms with E-state index in [1.807, 2.05) is 0 Å². The fourth-order valence-corrected chi connectivity index (χ4v) is 3.10. The summed E-state index contributed by atoms with van der Waals surface area (Å²) in [5.41, 5.74) is -3.74. The molecule has 0 spiro atoms. The average Bonchev–Trinajstić information content (AvgIpc) is 2.96. The molecule has 0 aliphatic heterocycles. The summed E-state index contributed by atoms with van der Waals surface area (Å²) in [4.78, 5) is 0. The summed E-state index contributed by atoms with van der Waals surface area (Å²) in [5, 5.41) is 0. The van der Waals surface area contributed by atoms with E-state index < -0.39 is 21.7 Å². The van der Waals surface area contributed by atoms with Gasteiger partial charge in [0.2, 0.25) is 0 Å². The van der Waals surface area contributed by atoms with Crippen molar-refractivity contribution in [2.75, 3.05) is 0 Å². The SMILES string of the molecule is C=C/C(C)=C(\C=C/C)OC1CCc2cccc(OS(=O)(=O)C(F)(F)F)c21. The number of alkyl halides is 3. The van der Waals surface area contributed by atoms with E-state index in [9.17, 15) is 21.6 Å². The molecule has 0 amide bonds. The smallest absolute Gasteiger partial charge is 0.485 e. The van der Waals surface area contributed by atoms with E-state index >= 15 is 0 Å². The Hall–Kier alpha value is -2.22. The molecule has 2 rings (SSSR count). The van der Waals surface area contributed by atoms with Gasteiger partial charge in [-0.25, -0.2) is 0 Å². The first-order chi connectivity index (χ1) is 12.1. The van der Waals surface area contributed by atoms with Crippen LogP contribution in [0.1, 0.15) is 37.5 Å². The number of ether oxygens (including phenoxy) is 1. The minimum absolute atomic E-state index is 0.319. The molecule has 1 aliphatic carbocycles. The summed E-state index contributed by atoms with van der Waals surface area (Å²) in [6, 6.07) is 4.37. The molecule has 8 heteroatoms. The van der Waals surface area contributed by atoms with Gasteiger partial charge in [-0.15, -0.1) is 0 Å². The highest BCUT2D eigenvalue weighted by molar-refractivity contribution is 7.88. The number of hydrogen-bond donors (Lipinski definition) is 0. The Morgan fingerprint density at radius 2 is 2.04 bits per heavy atom. The van der Waals surface area contributed by atoms with Gasteiger partial charge >= 0.3 is 15.6 Å². The first kappa shape index (κ1) is 20.1. The second-order valence-electron chi connectivity index (χ2n) is 5.71. The Labute approximate surface area is 150 Å². The molecule has 1 aromatic rings. The van der Waals surface area contributed by atoms with Crippen LogP contribution >= 0.6 is 0 Å². The van der Waals surface area contributed by atoms with Crippen LogP contribution in [0.2, 0.25) is 0 Å². The van der Waals surface area contributed by atoms with Crippen molar-refractivity contribution in [3.05, 3.63) is 65.5 Å². The fraction of sp³-hybridized carbons (Fsp3) is 0.333. The Kier molecular flexibility index (Phi) is 5.85. The van der Waals surface area contributed by atoms with Gasteiger partial charge in [-0.3, -0.25) is 0 Å². The van der Waals surface area contributed by atoms with Crippen LogP contribution in [0.4, 0.5) is 13.2 Å². The van der Waals surface area contributed by atoms with Crippen LogP contribution in [0.25, 0.3) is 0 Å². The minimum atomic E-state index is -5.75. The maximum absolute atomic E-state index is 12.7. The molecule has 0 N–H and O–H groups in total. The van der Waals surface area contributed by atoms with E-state index in [1.165, 1.54) is 12.1 Å². The number of allylic oxidation sites excluding steroid dienone is 4. The molecule has 0 saturated carbocycles. The highest BCUT2D eigenvalue weighted by atomic mass is 32.2. The Morgan fingerprint density at radius 1 is 1.35 bits per heavy atom. The third-order valence-electron chi connectivity index (χ3n) is 3.92. The van der Waals surface area contributed by atoms with Crippen molar-refractivity contribution in [3.8, 4) is 5.75 Å². The molecule has 1 atom stereocenters. The van der Waals surface area contributed by atoms with Gasteiger partial charge in [-0.2, -0.15) is 21.6 Å². The summed E-state index contributed by atoms with van der Waals surface area (Å²) in [7, 11) is -5.75. The number of rotatable bonds is 6. The Morgan fingerprint density at radius 3 is 2.62 bits per heavy atom. The lowest BCUT2D eigenvalue weighted by Crippen LogP contribution is -2.28. The zero-order chi connectivity index (χ0) is 19.5. The van der Waals surface area contributed by atoms with E-state index in [1.54, 1.807) is 38.1 Å². The lowest BCUT2D eigenvalue weighted by molar-refractivity contribution is -0.0500. The van der Waals surface area contributed by atoms with Gasteiger partial charge in [0, 0.05) is 5.56 Å². The molecule has 142 valence electrons. The molecule has 0 bridgehead atoms. The number of fused-ring (bicyclic) bond motifs is 1. The summed E-state index contributed by atoms with van der Waals surface area (Å²) in [5.74, 6) is 0.146. The zero-order valence-electron chi connectivity index (χ0n) is 14.3. The molecule has 1 aliphatic rings. The molecule has 0 heterocycles. The van der Waals surface area contributed by atoms with Crippen molar-refractivity contribution in [2.24, 2.45) is 0 Å². The second-order valence-corrected chi connectivity index (χ2v) is 7.25. The second kappa shape index (κ2) is 7.57. The first-order valence-corrected chi connectivity index (χ1v) is 9.26. The Balaban J connectivity index is 2.42. The van der Waals surface area contributed by atoms with Gasteiger partial charge < -0.3 is 8.92 Å². The molecular weight excluding hydrogens is 369 g/mol. The lowest BCUT2D eigenvalue weighted by atomic mass is 10.1. The number of aryl methyl sites for hydroxylation is 1. The normalized spacial score (nSPS) is 18.4. The zero-order valence-corrected chi connectivity index (χ0v) is 15.2. The molecule has 1 unspecified atom stereocenters. The molecule has 0 saturated heterocycles. The molecule has 0 aromatic heterocycles. The number of hydrogen-bond acceptors (Lipinski definition) is 4. The fourth-order valence-electron chi connectivity index (χ4n) is 2.63. The van der Waals surface area contributed by atoms with Crippen molar-refractivity contribution < 1.29 is 30.5 Å². The quantitative estimate of drug-likeness (QED) is 0.299. The summed E-state index contributed by atoms with van der Waals surface area (Å²) in [6.45, 7) is 7.26. The van der Waals surface area contributed by atoms with E-state index in [2.05, 4.69) is 10.8 Å². The van der Waals surface area contributed by atoms with Crippen LogP contribution in [-0.4, -0.2) is 13.9 Å². The van der Waals surface area contributed by atoms with E-state index in [0.29, 0.717) is 29.7 Å². The van der Waals surface area contributed by atoms with Crippen molar-refractivity contribution in [3.63, 3.8) is 0 Å². The van der Waals surface area contributed by atoms with Crippen LogP contribution in [0.3, 0.4) is 0 Å². The Bertz CT molecular complexity index is 852. The first-order valence-electron chi connectivity index (χ1n) is 7.86. The van der Waals surface area contributed by atoms with Crippen molar-refractivity contribution in [2.45, 2.75) is 38.3 Å². The predicted octanol–water partition coefficient (Wildman–Crippen LogP) is 4.96. The third-order valence-corrected chi connectivity index (χ3v) is 4.89. The van der Waals surface area contributed by atoms with Gasteiger partial charge in [-0.1, -0.05) is 30.9 Å². The highest BCUT2D eigenvalue weighted by Gasteiger charge is 2.49. The maximum atomic E-state index is 12.7. The van der Waals surface area contributed by atoms with Gasteiger partial charge in [0.15, 0.2) is 0 Å². The van der Waals surface area contributed by atoms with Gasteiger partial charge in [-0.05, 0) is 50.0 Å². The molecule has 0 fully saturated rings. The van der Waals surface area contributed by atoms with Crippen LogP contribution in [0, 0.1) is 0 Å². The molecule has 26 heavy (non-hydrogen) atoms. The monoisotopic (exact) mass is 388 g/mol.